The van der Waals surface area contributed by atoms with E-state index in [9.17, 15) is 9.90 Å². The van der Waals surface area contributed by atoms with Crippen LogP contribution in [0, 0.1) is 13.8 Å². The van der Waals surface area contributed by atoms with Crippen molar-refractivity contribution in [1.29, 1.82) is 0 Å². The lowest BCUT2D eigenvalue weighted by Gasteiger charge is -2.28. The number of likely N-dealkylation sites (tertiary alicyclic amines) is 1. The van der Waals surface area contributed by atoms with Crippen LogP contribution in [-0.4, -0.2) is 58.6 Å². The molecular weight excluding hydrogens is 286 g/mol. The first kappa shape index (κ1) is 16.4. The summed E-state index contributed by atoms with van der Waals surface area (Å²) in [6, 6.07) is 0.222. The summed E-state index contributed by atoms with van der Waals surface area (Å²) in [6.07, 6.45) is 1.03. The van der Waals surface area contributed by atoms with Crippen LogP contribution in [0.2, 0.25) is 0 Å². The maximum absolute atomic E-state index is 11.6. The summed E-state index contributed by atoms with van der Waals surface area (Å²) in [5.41, 5.74) is 1.07. The number of hydrogen-bond acceptors (Lipinski definition) is 5. The zero-order valence-corrected chi connectivity index (χ0v) is 14.1. The Hall–Kier alpha value is -0.980. The monoisotopic (exact) mass is 311 g/mol. The van der Waals surface area contributed by atoms with E-state index < -0.39 is 6.10 Å². The molecular formula is C15H25N3O2S. The van der Waals surface area contributed by atoms with E-state index in [1.54, 1.807) is 16.2 Å². The summed E-state index contributed by atoms with van der Waals surface area (Å²) in [5, 5.41) is 11.3. The molecule has 2 atom stereocenters. The van der Waals surface area contributed by atoms with Gasteiger partial charge in [0, 0.05) is 37.0 Å². The summed E-state index contributed by atoms with van der Waals surface area (Å²) < 4.78 is 0. The number of aryl methyl sites for hydroxylation is 2. The van der Waals surface area contributed by atoms with Gasteiger partial charge in [0.05, 0.1) is 16.8 Å². The fourth-order valence-corrected chi connectivity index (χ4v) is 3.88. The van der Waals surface area contributed by atoms with Gasteiger partial charge >= 0.3 is 0 Å². The Morgan fingerprint density at radius 2 is 2.19 bits per heavy atom. The molecule has 2 rings (SSSR count). The first-order valence-electron chi connectivity index (χ1n) is 7.48. The van der Waals surface area contributed by atoms with Crippen LogP contribution in [-0.2, 0) is 4.79 Å². The van der Waals surface area contributed by atoms with E-state index in [0.717, 1.165) is 23.7 Å². The minimum Gasteiger partial charge on any atom is -0.390 e. The topological polar surface area (TPSA) is 56.7 Å². The molecule has 1 N–H and O–H groups in total. The molecule has 0 aromatic carbocycles. The Bertz CT molecular complexity index is 503. The van der Waals surface area contributed by atoms with Crippen molar-refractivity contribution >= 4 is 17.2 Å². The third-order valence-electron chi connectivity index (χ3n) is 4.08. The van der Waals surface area contributed by atoms with Gasteiger partial charge in [0.15, 0.2) is 0 Å². The van der Waals surface area contributed by atoms with Gasteiger partial charge in [-0.15, -0.1) is 11.3 Å². The fourth-order valence-electron chi connectivity index (χ4n) is 2.83. The second-order valence-electron chi connectivity index (χ2n) is 5.90. The average molecular weight is 311 g/mol. The fraction of sp³-hybridized carbons (Fsp3) is 0.733. The molecule has 0 aliphatic carbocycles. The smallest absolute Gasteiger partial charge is 0.222 e. The van der Waals surface area contributed by atoms with Crippen LogP contribution in [0.3, 0.4) is 0 Å². The number of aromatic nitrogens is 1. The van der Waals surface area contributed by atoms with E-state index in [1.807, 2.05) is 20.9 Å². The lowest BCUT2D eigenvalue weighted by Crippen LogP contribution is -2.40. The first-order valence-corrected chi connectivity index (χ1v) is 8.30. The lowest BCUT2D eigenvalue weighted by atomic mass is 10.2. The number of aliphatic hydroxyl groups is 1. The molecule has 5 nitrogen and oxygen atoms in total. The Kier molecular flexibility index (Phi) is 5.35. The number of aliphatic hydroxyl groups excluding tert-OH is 1. The first-order chi connectivity index (χ1) is 9.88. The molecule has 0 bridgehead atoms. The molecule has 6 heteroatoms. The summed E-state index contributed by atoms with van der Waals surface area (Å²) in [6.45, 7) is 7.96. The van der Waals surface area contributed by atoms with Gasteiger partial charge in [0.1, 0.15) is 0 Å². The molecule has 1 aliphatic heterocycles. The summed E-state index contributed by atoms with van der Waals surface area (Å²) >= 11 is 1.71. The van der Waals surface area contributed by atoms with E-state index in [1.165, 1.54) is 4.88 Å². The third-order valence-corrected chi connectivity index (χ3v) is 5.32. The lowest BCUT2D eigenvalue weighted by molar-refractivity contribution is -0.129. The number of β-amino-alcohol motifs (C(OH)–C–C–N with tert-alkyl or cyclic N) is 1. The van der Waals surface area contributed by atoms with E-state index in [4.69, 9.17) is 0 Å². The number of amides is 1. The Morgan fingerprint density at radius 1 is 1.48 bits per heavy atom. The number of carbonyl (C=O) groups excluding carboxylic acids is 1. The maximum Gasteiger partial charge on any atom is 0.222 e. The highest BCUT2D eigenvalue weighted by Crippen LogP contribution is 2.28. The molecule has 118 valence electrons. The number of likely N-dealkylation sites (N-methyl/N-ethyl adjacent to an activating group) is 1. The molecule has 1 amide bonds. The number of carbonyl (C=O) groups is 1. The molecule has 2 heterocycles. The van der Waals surface area contributed by atoms with Crippen LogP contribution < -0.4 is 0 Å². The molecule has 0 radical (unpaired) electrons. The van der Waals surface area contributed by atoms with Crippen molar-refractivity contribution in [2.75, 3.05) is 26.7 Å². The van der Waals surface area contributed by atoms with Gasteiger partial charge in [-0.1, -0.05) is 0 Å². The predicted octanol–water partition coefficient (Wildman–Crippen LogP) is 1.74. The predicted molar refractivity (Wildman–Crippen MR) is 84.5 cm³/mol. The highest BCUT2D eigenvalue weighted by atomic mass is 32.1. The van der Waals surface area contributed by atoms with Gasteiger partial charge in [-0.25, -0.2) is 4.98 Å². The van der Waals surface area contributed by atoms with Crippen LogP contribution in [0.25, 0.3) is 0 Å². The maximum atomic E-state index is 11.6. The normalized spacial score (nSPS) is 18.6. The van der Waals surface area contributed by atoms with Gasteiger partial charge < -0.3 is 10.0 Å². The zero-order valence-electron chi connectivity index (χ0n) is 13.3. The molecule has 1 fully saturated rings. The number of thiazole rings is 1. The molecule has 21 heavy (non-hydrogen) atoms. The van der Waals surface area contributed by atoms with Crippen molar-refractivity contribution in [2.45, 2.75) is 45.8 Å². The van der Waals surface area contributed by atoms with Gasteiger partial charge in [-0.2, -0.15) is 0 Å². The van der Waals surface area contributed by atoms with E-state index in [0.29, 0.717) is 19.5 Å². The van der Waals surface area contributed by atoms with Crippen molar-refractivity contribution in [1.82, 2.24) is 14.8 Å². The van der Waals surface area contributed by atoms with Gasteiger partial charge in [0.2, 0.25) is 5.91 Å². The standard InChI is InChI=1S/C15H25N3O2S/c1-10-15(21-12(3)16-10)11(2)17(4)8-13(19)9-18-7-5-6-14(18)20/h11,13,19H,5-9H2,1-4H3. The quantitative estimate of drug-likeness (QED) is 0.869. The van der Waals surface area contributed by atoms with Crippen molar-refractivity contribution in [3.63, 3.8) is 0 Å². The summed E-state index contributed by atoms with van der Waals surface area (Å²) in [4.78, 5) is 21.2. The number of hydrogen-bond donors (Lipinski definition) is 1. The molecule has 1 aromatic heterocycles. The molecule has 0 spiro atoms. The average Bonchev–Trinajstić information content (AvgIpc) is 2.94. The molecule has 1 saturated heterocycles. The highest BCUT2D eigenvalue weighted by Gasteiger charge is 2.25. The minimum absolute atomic E-state index is 0.165. The SMILES string of the molecule is Cc1nc(C)c(C(C)N(C)CC(O)CN2CCCC2=O)s1. The van der Waals surface area contributed by atoms with Crippen LogP contribution in [0.1, 0.15) is 41.4 Å². The van der Waals surface area contributed by atoms with Crippen molar-refractivity contribution in [2.24, 2.45) is 0 Å². The summed E-state index contributed by atoms with van der Waals surface area (Å²) in [5.74, 6) is 0.165. The molecule has 1 aromatic rings. The van der Waals surface area contributed by atoms with Crippen LogP contribution in [0.4, 0.5) is 0 Å². The van der Waals surface area contributed by atoms with Crippen LogP contribution >= 0.6 is 11.3 Å². The van der Waals surface area contributed by atoms with Crippen LogP contribution in [0.5, 0.6) is 0 Å². The largest absolute Gasteiger partial charge is 0.390 e. The van der Waals surface area contributed by atoms with Gasteiger partial charge in [-0.3, -0.25) is 9.69 Å². The van der Waals surface area contributed by atoms with Crippen molar-refractivity contribution < 1.29 is 9.90 Å². The third kappa shape index (κ3) is 4.02. The Labute approximate surface area is 130 Å². The number of rotatable bonds is 6. The summed E-state index contributed by atoms with van der Waals surface area (Å²) in [7, 11) is 2.01. The second-order valence-corrected chi connectivity index (χ2v) is 7.13. The van der Waals surface area contributed by atoms with E-state index in [-0.39, 0.29) is 11.9 Å². The van der Waals surface area contributed by atoms with E-state index >= 15 is 0 Å². The van der Waals surface area contributed by atoms with Gasteiger partial charge in [0.25, 0.3) is 0 Å². The van der Waals surface area contributed by atoms with Crippen molar-refractivity contribution in [3.05, 3.63) is 15.6 Å². The van der Waals surface area contributed by atoms with Gasteiger partial charge in [-0.05, 0) is 34.2 Å². The number of nitrogens with zero attached hydrogens (tertiary/aromatic N) is 3. The second kappa shape index (κ2) is 6.85. The minimum atomic E-state index is -0.506. The highest BCUT2D eigenvalue weighted by molar-refractivity contribution is 7.11. The Balaban J connectivity index is 1.89. The Morgan fingerprint density at radius 3 is 2.71 bits per heavy atom. The molecule has 2 unspecified atom stereocenters. The van der Waals surface area contributed by atoms with E-state index in [2.05, 4.69) is 16.8 Å². The van der Waals surface area contributed by atoms with Crippen LogP contribution in [0.15, 0.2) is 0 Å². The molecule has 1 aliphatic rings. The van der Waals surface area contributed by atoms with Crippen molar-refractivity contribution in [3.8, 4) is 0 Å². The molecule has 0 saturated carbocycles. The zero-order chi connectivity index (χ0) is 15.6.